The van der Waals surface area contributed by atoms with Crippen LogP contribution in [0.5, 0.6) is 0 Å². The Bertz CT molecular complexity index is 768. The first-order valence-corrected chi connectivity index (χ1v) is 8.58. The minimum atomic E-state index is -0.609. The predicted octanol–water partition coefficient (Wildman–Crippen LogP) is 2.09. The lowest BCUT2D eigenvalue weighted by atomic mass is 9.89. The molecule has 1 aliphatic heterocycles. The van der Waals surface area contributed by atoms with Crippen molar-refractivity contribution in [3.63, 3.8) is 0 Å². The smallest absolute Gasteiger partial charge is 0.317 e. The zero-order valence-corrected chi connectivity index (χ0v) is 13.8. The van der Waals surface area contributed by atoms with Crippen LogP contribution in [0, 0.1) is 5.92 Å². The number of tetrazole rings is 1. The third-order valence-electron chi connectivity index (χ3n) is 4.83. The van der Waals surface area contributed by atoms with Crippen LogP contribution in [-0.4, -0.2) is 37.3 Å². The molecule has 4 rings (SSSR count). The van der Waals surface area contributed by atoms with Crippen molar-refractivity contribution in [2.45, 2.75) is 44.2 Å². The number of hydrogen-bond acceptors (Lipinski definition) is 7. The van der Waals surface area contributed by atoms with Gasteiger partial charge in [0.2, 0.25) is 5.95 Å². The van der Waals surface area contributed by atoms with E-state index in [1.54, 1.807) is 17.1 Å². The number of nitrogens with one attached hydrogen (secondary N) is 1. The number of fused-ring (bicyclic) bond motifs is 1. The number of rotatable bonds is 3. The second kappa shape index (κ2) is 6.62. The fourth-order valence-electron chi connectivity index (χ4n) is 3.59. The monoisotopic (exact) mass is 340 g/mol. The fourth-order valence-corrected chi connectivity index (χ4v) is 3.59. The summed E-state index contributed by atoms with van der Waals surface area (Å²) in [6.07, 6.45) is 8.65. The van der Waals surface area contributed by atoms with Crippen molar-refractivity contribution in [2.75, 3.05) is 5.32 Å². The van der Waals surface area contributed by atoms with Crippen LogP contribution in [0.4, 0.5) is 5.95 Å². The largest absolute Gasteiger partial charge is 0.462 e. The molecule has 1 saturated carbocycles. The van der Waals surface area contributed by atoms with Crippen LogP contribution >= 0.6 is 0 Å². The van der Waals surface area contributed by atoms with Crippen molar-refractivity contribution in [3.8, 4) is 0 Å². The lowest BCUT2D eigenvalue weighted by Crippen LogP contribution is -2.39. The Hall–Kier alpha value is -2.77. The average molecular weight is 340 g/mol. The molecule has 2 atom stereocenters. The van der Waals surface area contributed by atoms with E-state index < -0.39 is 12.0 Å². The van der Waals surface area contributed by atoms with Gasteiger partial charge >= 0.3 is 5.97 Å². The Morgan fingerprint density at radius 2 is 2.16 bits per heavy atom. The quantitative estimate of drug-likeness (QED) is 0.855. The second-order valence-corrected chi connectivity index (χ2v) is 6.50. The van der Waals surface area contributed by atoms with Gasteiger partial charge in [0, 0.05) is 18.1 Å². The molecule has 8 heteroatoms. The molecule has 2 aromatic rings. The zero-order valence-electron chi connectivity index (χ0n) is 13.8. The summed E-state index contributed by atoms with van der Waals surface area (Å²) >= 11 is 0. The maximum Gasteiger partial charge on any atom is 0.317 e. The SMILES string of the molecule is C=C1Nc2nnnn2C(c2cccnc2)C1C(=O)OC1CCCCC1. The maximum absolute atomic E-state index is 13.0. The van der Waals surface area contributed by atoms with E-state index >= 15 is 0 Å². The molecule has 0 aromatic carbocycles. The number of pyridine rings is 1. The van der Waals surface area contributed by atoms with Crippen molar-refractivity contribution >= 4 is 11.9 Å². The highest BCUT2D eigenvalue weighted by Crippen LogP contribution is 2.37. The lowest BCUT2D eigenvalue weighted by molar-refractivity contribution is -0.155. The number of esters is 1. The molecule has 25 heavy (non-hydrogen) atoms. The number of aromatic nitrogens is 5. The molecule has 1 aliphatic carbocycles. The van der Waals surface area contributed by atoms with E-state index in [0.29, 0.717) is 11.6 Å². The molecule has 0 radical (unpaired) electrons. The lowest BCUT2D eigenvalue weighted by Gasteiger charge is -2.33. The van der Waals surface area contributed by atoms with E-state index in [1.807, 2.05) is 12.1 Å². The molecule has 0 spiro atoms. The molecule has 0 saturated heterocycles. The highest BCUT2D eigenvalue weighted by Gasteiger charge is 2.41. The average Bonchev–Trinajstić information content (AvgIpc) is 3.10. The molecule has 2 aliphatic rings. The van der Waals surface area contributed by atoms with Gasteiger partial charge in [0.25, 0.3) is 0 Å². The van der Waals surface area contributed by atoms with Gasteiger partial charge < -0.3 is 10.1 Å². The molecule has 2 unspecified atom stereocenters. The number of carbonyl (C=O) groups excluding carboxylic acids is 1. The summed E-state index contributed by atoms with van der Waals surface area (Å²) in [5.41, 5.74) is 1.38. The van der Waals surface area contributed by atoms with Crippen molar-refractivity contribution < 1.29 is 9.53 Å². The Balaban J connectivity index is 1.66. The minimum absolute atomic E-state index is 0.0149. The van der Waals surface area contributed by atoms with Gasteiger partial charge in [-0.05, 0) is 47.7 Å². The van der Waals surface area contributed by atoms with E-state index in [4.69, 9.17) is 4.74 Å². The highest BCUT2D eigenvalue weighted by atomic mass is 16.5. The summed E-state index contributed by atoms with van der Waals surface area (Å²) in [5, 5.41) is 14.7. The van der Waals surface area contributed by atoms with Gasteiger partial charge in [-0.25, -0.2) is 4.68 Å². The van der Waals surface area contributed by atoms with E-state index in [1.165, 1.54) is 6.42 Å². The molecular weight excluding hydrogens is 320 g/mol. The Morgan fingerprint density at radius 1 is 1.32 bits per heavy atom. The van der Waals surface area contributed by atoms with E-state index in [2.05, 4.69) is 32.4 Å². The third kappa shape index (κ3) is 2.99. The maximum atomic E-state index is 13.0. The standard InChI is InChI=1S/C17H20N6O2/c1-11-14(16(24)25-13-7-3-2-4-8-13)15(12-6-5-9-18-10-12)23-17(19-11)20-21-22-23/h5-6,9-10,13-15H,1-4,7-8H2,(H,19,20,22). The minimum Gasteiger partial charge on any atom is -0.462 e. The van der Waals surface area contributed by atoms with Crippen molar-refractivity contribution in [3.05, 3.63) is 42.4 Å². The number of anilines is 1. The van der Waals surface area contributed by atoms with Gasteiger partial charge in [-0.2, -0.15) is 0 Å². The summed E-state index contributed by atoms with van der Waals surface area (Å²) in [7, 11) is 0. The Labute approximate surface area is 145 Å². The summed E-state index contributed by atoms with van der Waals surface area (Å²) < 4.78 is 7.40. The summed E-state index contributed by atoms with van der Waals surface area (Å²) in [6.45, 7) is 4.02. The number of carbonyl (C=O) groups is 1. The molecule has 0 bridgehead atoms. The van der Waals surface area contributed by atoms with Crippen LogP contribution in [0.3, 0.4) is 0 Å². The number of nitrogens with zero attached hydrogens (tertiary/aromatic N) is 5. The van der Waals surface area contributed by atoms with Crippen molar-refractivity contribution in [1.29, 1.82) is 0 Å². The van der Waals surface area contributed by atoms with Crippen LogP contribution in [0.25, 0.3) is 0 Å². The van der Waals surface area contributed by atoms with Crippen molar-refractivity contribution in [1.82, 2.24) is 25.2 Å². The van der Waals surface area contributed by atoms with Gasteiger partial charge in [0.1, 0.15) is 18.1 Å². The van der Waals surface area contributed by atoms with Gasteiger partial charge in [0.15, 0.2) is 0 Å². The summed E-state index contributed by atoms with van der Waals surface area (Å²) in [5.74, 6) is -0.443. The first-order valence-electron chi connectivity index (χ1n) is 8.58. The van der Waals surface area contributed by atoms with Crippen LogP contribution in [0.1, 0.15) is 43.7 Å². The first kappa shape index (κ1) is 15.7. The van der Waals surface area contributed by atoms with Crippen molar-refractivity contribution in [2.24, 2.45) is 5.92 Å². The van der Waals surface area contributed by atoms with Crippen LogP contribution in [0.2, 0.25) is 0 Å². The topological polar surface area (TPSA) is 94.8 Å². The second-order valence-electron chi connectivity index (χ2n) is 6.50. The molecule has 0 amide bonds. The first-order chi connectivity index (χ1) is 12.2. The van der Waals surface area contributed by atoms with Crippen LogP contribution in [0.15, 0.2) is 36.8 Å². The zero-order chi connectivity index (χ0) is 17.2. The normalized spacial score (nSPS) is 23.6. The summed E-state index contributed by atoms with van der Waals surface area (Å²) in [6, 6.07) is 3.31. The van der Waals surface area contributed by atoms with E-state index in [0.717, 1.165) is 31.2 Å². The summed E-state index contributed by atoms with van der Waals surface area (Å²) in [4.78, 5) is 17.1. The molecule has 8 nitrogen and oxygen atoms in total. The van der Waals surface area contributed by atoms with E-state index in [-0.39, 0.29) is 12.1 Å². The molecule has 130 valence electrons. The van der Waals surface area contributed by atoms with Gasteiger partial charge in [-0.1, -0.05) is 24.2 Å². The number of hydrogen-bond donors (Lipinski definition) is 1. The Kier molecular flexibility index (Phi) is 4.17. The van der Waals surface area contributed by atoms with Crippen LogP contribution in [-0.2, 0) is 9.53 Å². The molecule has 2 aromatic heterocycles. The highest BCUT2D eigenvalue weighted by molar-refractivity contribution is 5.79. The fraction of sp³-hybridized carbons (Fsp3) is 0.471. The Morgan fingerprint density at radius 3 is 2.92 bits per heavy atom. The number of ether oxygens (including phenoxy) is 1. The predicted molar refractivity (Wildman–Crippen MR) is 89.4 cm³/mol. The van der Waals surface area contributed by atoms with Crippen LogP contribution < -0.4 is 5.32 Å². The molecular formula is C17H20N6O2. The molecule has 3 heterocycles. The van der Waals surface area contributed by atoms with Gasteiger partial charge in [-0.15, -0.1) is 0 Å². The third-order valence-corrected chi connectivity index (χ3v) is 4.83. The van der Waals surface area contributed by atoms with Gasteiger partial charge in [0.05, 0.1) is 0 Å². The van der Waals surface area contributed by atoms with Gasteiger partial charge in [-0.3, -0.25) is 9.78 Å². The molecule has 1 fully saturated rings. The molecule has 1 N–H and O–H groups in total. The van der Waals surface area contributed by atoms with E-state index in [9.17, 15) is 4.79 Å².